The zero-order valence-electron chi connectivity index (χ0n) is 15.9. The number of halogens is 1. The van der Waals surface area contributed by atoms with Gasteiger partial charge in [-0.1, -0.05) is 29.8 Å². The molecule has 3 rings (SSSR count). The number of nitrogens with zero attached hydrogens (tertiary/aromatic N) is 3. The molecule has 0 aliphatic rings. The number of nitrogens with one attached hydrogen (secondary N) is 1. The fourth-order valence-electron chi connectivity index (χ4n) is 2.52. The van der Waals surface area contributed by atoms with Crippen LogP contribution in [0.2, 0.25) is 5.02 Å². The molecular weight excluding hydrogens is 396 g/mol. The average molecular weight is 415 g/mol. The maximum Gasteiger partial charge on any atom is 0.361 e. The van der Waals surface area contributed by atoms with Gasteiger partial charge in [0.15, 0.2) is 12.3 Å². The molecule has 29 heavy (non-hydrogen) atoms. The van der Waals surface area contributed by atoms with Crippen molar-refractivity contribution in [1.29, 1.82) is 0 Å². The monoisotopic (exact) mass is 414 g/mol. The van der Waals surface area contributed by atoms with Gasteiger partial charge >= 0.3 is 5.97 Å². The number of rotatable bonds is 7. The Morgan fingerprint density at radius 3 is 2.69 bits per heavy atom. The molecule has 0 fully saturated rings. The van der Waals surface area contributed by atoms with Crippen LogP contribution in [-0.2, 0) is 16.1 Å². The van der Waals surface area contributed by atoms with Gasteiger partial charge in [0.05, 0.1) is 18.5 Å². The van der Waals surface area contributed by atoms with E-state index >= 15 is 0 Å². The first-order valence-electron chi connectivity index (χ1n) is 8.73. The largest absolute Gasteiger partial charge is 0.497 e. The fourth-order valence-corrected chi connectivity index (χ4v) is 2.70. The molecule has 0 aliphatic carbocycles. The number of esters is 1. The van der Waals surface area contributed by atoms with E-state index in [1.165, 1.54) is 4.80 Å². The Morgan fingerprint density at radius 1 is 1.14 bits per heavy atom. The molecule has 0 saturated carbocycles. The van der Waals surface area contributed by atoms with E-state index in [1.54, 1.807) is 38.3 Å². The third kappa shape index (κ3) is 5.32. The van der Waals surface area contributed by atoms with E-state index in [1.807, 2.05) is 24.3 Å². The van der Waals surface area contributed by atoms with Crippen LogP contribution in [0.15, 0.2) is 48.5 Å². The number of hydrogen-bond donors (Lipinski definition) is 1. The molecule has 150 valence electrons. The van der Waals surface area contributed by atoms with Crippen LogP contribution < -0.4 is 10.1 Å². The molecule has 9 heteroatoms. The molecule has 0 atom stereocenters. The summed E-state index contributed by atoms with van der Waals surface area (Å²) in [6.07, 6.45) is 0. The van der Waals surface area contributed by atoms with E-state index in [0.717, 1.165) is 5.56 Å². The fraction of sp³-hybridized carbons (Fsp3) is 0.200. The van der Waals surface area contributed by atoms with Gasteiger partial charge in [-0.15, -0.1) is 5.10 Å². The van der Waals surface area contributed by atoms with Gasteiger partial charge in [-0.3, -0.25) is 4.79 Å². The van der Waals surface area contributed by atoms with Gasteiger partial charge in [-0.05, 0) is 42.8 Å². The third-order valence-electron chi connectivity index (χ3n) is 3.97. The lowest BCUT2D eigenvalue weighted by Crippen LogP contribution is -2.28. The first kappa shape index (κ1) is 20.3. The molecule has 3 aromatic rings. The standard InChI is InChI=1S/C20H19ClN4O4/c1-13-19(24-25(23-13)16-7-4-6-15(21)10-16)20(27)29-12-18(26)22-11-14-5-3-8-17(9-14)28-2/h3-10H,11-12H2,1-2H3,(H,22,26). The lowest BCUT2D eigenvalue weighted by molar-refractivity contribution is -0.124. The van der Waals surface area contributed by atoms with Gasteiger partial charge in [0, 0.05) is 11.6 Å². The second-order valence-corrected chi connectivity index (χ2v) is 6.54. The van der Waals surface area contributed by atoms with Crippen molar-refractivity contribution in [3.63, 3.8) is 0 Å². The topological polar surface area (TPSA) is 95.3 Å². The predicted octanol–water partition coefficient (Wildman–Crippen LogP) is 2.71. The summed E-state index contributed by atoms with van der Waals surface area (Å²) in [5.74, 6) is -0.463. The number of aromatic nitrogens is 3. The smallest absolute Gasteiger partial charge is 0.361 e. The zero-order chi connectivity index (χ0) is 20.8. The molecule has 0 aliphatic heterocycles. The highest BCUT2D eigenvalue weighted by atomic mass is 35.5. The Kier molecular flexibility index (Phi) is 6.46. The molecule has 0 unspecified atom stereocenters. The highest BCUT2D eigenvalue weighted by Gasteiger charge is 2.19. The Labute approximate surface area is 172 Å². The van der Waals surface area contributed by atoms with Crippen LogP contribution in [-0.4, -0.2) is 40.6 Å². The number of methoxy groups -OCH3 is 1. The van der Waals surface area contributed by atoms with E-state index in [-0.39, 0.29) is 12.2 Å². The van der Waals surface area contributed by atoms with Gasteiger partial charge in [-0.25, -0.2) is 4.79 Å². The Balaban J connectivity index is 1.55. The van der Waals surface area contributed by atoms with E-state index in [9.17, 15) is 9.59 Å². The van der Waals surface area contributed by atoms with Crippen molar-refractivity contribution in [3.05, 3.63) is 70.5 Å². The summed E-state index contributed by atoms with van der Waals surface area (Å²) < 4.78 is 10.2. The van der Waals surface area contributed by atoms with Crippen LogP contribution in [0.3, 0.4) is 0 Å². The van der Waals surface area contributed by atoms with Crippen molar-refractivity contribution in [3.8, 4) is 11.4 Å². The third-order valence-corrected chi connectivity index (χ3v) is 4.21. The molecule has 0 saturated heterocycles. The molecule has 1 aromatic heterocycles. The summed E-state index contributed by atoms with van der Waals surface area (Å²) in [5, 5.41) is 11.5. The summed E-state index contributed by atoms with van der Waals surface area (Å²) >= 11 is 5.97. The zero-order valence-corrected chi connectivity index (χ0v) is 16.6. The van der Waals surface area contributed by atoms with Gasteiger partial charge in [0.25, 0.3) is 5.91 Å². The highest BCUT2D eigenvalue weighted by Crippen LogP contribution is 2.15. The molecule has 1 N–H and O–H groups in total. The summed E-state index contributed by atoms with van der Waals surface area (Å²) in [4.78, 5) is 25.6. The van der Waals surface area contributed by atoms with Crippen molar-refractivity contribution in [1.82, 2.24) is 20.3 Å². The molecule has 0 bridgehead atoms. The average Bonchev–Trinajstić information content (AvgIpc) is 3.12. The van der Waals surface area contributed by atoms with Crippen LogP contribution >= 0.6 is 11.6 Å². The first-order chi connectivity index (χ1) is 14.0. The number of amides is 1. The van der Waals surface area contributed by atoms with E-state index in [2.05, 4.69) is 15.5 Å². The maximum atomic E-state index is 12.3. The maximum absolute atomic E-state index is 12.3. The van der Waals surface area contributed by atoms with Crippen LogP contribution in [0.25, 0.3) is 5.69 Å². The lowest BCUT2D eigenvalue weighted by Gasteiger charge is -2.07. The summed E-state index contributed by atoms with van der Waals surface area (Å²) in [5.41, 5.74) is 1.89. The van der Waals surface area contributed by atoms with E-state index in [4.69, 9.17) is 21.1 Å². The van der Waals surface area contributed by atoms with Crippen LogP contribution in [0.5, 0.6) is 5.75 Å². The van der Waals surface area contributed by atoms with Crippen molar-refractivity contribution in [2.24, 2.45) is 0 Å². The highest BCUT2D eigenvalue weighted by molar-refractivity contribution is 6.30. The number of aryl methyl sites for hydroxylation is 1. The van der Waals surface area contributed by atoms with Crippen molar-refractivity contribution < 1.29 is 19.1 Å². The number of benzene rings is 2. The minimum Gasteiger partial charge on any atom is -0.497 e. The molecule has 0 spiro atoms. The molecule has 0 radical (unpaired) electrons. The number of hydrogen-bond acceptors (Lipinski definition) is 6. The van der Waals surface area contributed by atoms with Gasteiger partial charge in [-0.2, -0.15) is 9.90 Å². The Hall–Kier alpha value is -3.39. The normalized spacial score (nSPS) is 10.4. The van der Waals surface area contributed by atoms with Gasteiger partial charge < -0.3 is 14.8 Å². The SMILES string of the molecule is COc1cccc(CNC(=O)COC(=O)c2nn(-c3cccc(Cl)c3)nc2C)c1. The summed E-state index contributed by atoms with van der Waals surface area (Å²) in [7, 11) is 1.57. The minimum absolute atomic E-state index is 0.0329. The van der Waals surface area contributed by atoms with Gasteiger partial charge in [0.2, 0.25) is 0 Å². The summed E-state index contributed by atoms with van der Waals surface area (Å²) in [6.45, 7) is 1.50. The van der Waals surface area contributed by atoms with E-state index < -0.39 is 18.5 Å². The number of carbonyl (C=O) groups is 2. The second kappa shape index (κ2) is 9.20. The Morgan fingerprint density at radius 2 is 1.93 bits per heavy atom. The predicted molar refractivity (Wildman–Crippen MR) is 106 cm³/mol. The number of carbonyl (C=O) groups excluding carboxylic acids is 2. The van der Waals surface area contributed by atoms with E-state index in [0.29, 0.717) is 22.2 Å². The van der Waals surface area contributed by atoms with Crippen LogP contribution in [0.1, 0.15) is 21.7 Å². The first-order valence-corrected chi connectivity index (χ1v) is 9.10. The quantitative estimate of drug-likeness (QED) is 0.597. The van der Waals surface area contributed by atoms with Gasteiger partial charge in [0.1, 0.15) is 5.75 Å². The molecule has 8 nitrogen and oxygen atoms in total. The van der Waals surface area contributed by atoms with Crippen molar-refractivity contribution in [2.75, 3.05) is 13.7 Å². The molecular formula is C20H19ClN4O4. The Bertz CT molecular complexity index is 1030. The second-order valence-electron chi connectivity index (χ2n) is 6.11. The molecule has 1 heterocycles. The van der Waals surface area contributed by atoms with Crippen molar-refractivity contribution in [2.45, 2.75) is 13.5 Å². The molecule has 1 amide bonds. The lowest BCUT2D eigenvalue weighted by atomic mass is 10.2. The minimum atomic E-state index is -0.729. The van der Waals surface area contributed by atoms with Crippen molar-refractivity contribution >= 4 is 23.5 Å². The van der Waals surface area contributed by atoms with Crippen LogP contribution in [0, 0.1) is 6.92 Å². The summed E-state index contributed by atoms with van der Waals surface area (Å²) in [6, 6.07) is 14.2. The molecule has 2 aromatic carbocycles. The number of ether oxygens (including phenoxy) is 2. The van der Waals surface area contributed by atoms with Crippen LogP contribution in [0.4, 0.5) is 0 Å².